The fraction of sp³-hybridized carbons (Fsp3) is 0.357. The van der Waals surface area contributed by atoms with E-state index in [1.165, 1.54) is 11.3 Å². The number of hydrogen-bond donors (Lipinski definition) is 2. The molecule has 2 amide bonds. The second-order valence-corrected chi connectivity index (χ2v) is 6.17. The summed E-state index contributed by atoms with van der Waals surface area (Å²) < 4.78 is 0. The molecule has 0 fully saturated rings. The van der Waals surface area contributed by atoms with Crippen molar-refractivity contribution < 1.29 is 19.5 Å². The zero-order chi connectivity index (χ0) is 15.6. The number of nitrogens with one attached hydrogen (secondary N) is 1. The summed E-state index contributed by atoms with van der Waals surface area (Å²) in [6, 6.07) is 0. The van der Waals surface area contributed by atoms with Gasteiger partial charge < -0.3 is 21.0 Å². The van der Waals surface area contributed by atoms with Crippen LogP contribution in [0.5, 0.6) is 0 Å². The van der Waals surface area contributed by atoms with E-state index in [1.54, 1.807) is 0 Å². The normalized spacial score (nSPS) is 17.5. The summed E-state index contributed by atoms with van der Waals surface area (Å²) in [4.78, 5) is 34.6. The number of primary amides is 1. The fourth-order valence-corrected chi connectivity index (χ4v) is 3.82. The second kappa shape index (κ2) is 6.09. The van der Waals surface area contributed by atoms with E-state index in [0.717, 1.165) is 35.8 Å². The number of carbonyl (C=O) groups is 3. The predicted octanol–water partition coefficient (Wildman–Crippen LogP) is 0.216. The highest BCUT2D eigenvalue weighted by molar-refractivity contribution is 7.17. The quantitative estimate of drug-likeness (QED) is 0.774. The van der Waals surface area contributed by atoms with E-state index < -0.39 is 17.8 Å². The highest BCUT2D eigenvalue weighted by Crippen LogP contribution is 2.39. The van der Waals surface area contributed by atoms with E-state index >= 15 is 0 Å². The molecule has 1 aliphatic rings. The molecule has 1 aromatic heterocycles. The molecule has 1 aromatic rings. The number of carboxylic acid groups (broad SMARTS) is 1. The molecule has 0 aromatic carbocycles. The standard InChI is InChI=1S/C14H16N2O4S/c1-7-2-3-8-9(6-7)21-14(12(8)13(15)20)16-10(17)4-5-11(18)19/h4-5,7H,2-3,6H2,1H3,(H2,15,20)(H,16,17)(H,18,19)/p-1/b5-4+. The summed E-state index contributed by atoms with van der Waals surface area (Å²) in [7, 11) is 0. The number of aliphatic carboxylic acids is 1. The van der Waals surface area contributed by atoms with Gasteiger partial charge in [0.25, 0.3) is 5.91 Å². The first-order chi connectivity index (χ1) is 9.88. The Labute approximate surface area is 125 Å². The van der Waals surface area contributed by atoms with Crippen molar-refractivity contribution in [1.29, 1.82) is 0 Å². The van der Waals surface area contributed by atoms with Gasteiger partial charge in [-0.2, -0.15) is 0 Å². The topological polar surface area (TPSA) is 112 Å². The monoisotopic (exact) mass is 307 g/mol. The van der Waals surface area contributed by atoms with Crippen molar-refractivity contribution in [2.75, 3.05) is 5.32 Å². The minimum absolute atomic E-state index is 0.345. The van der Waals surface area contributed by atoms with Crippen LogP contribution in [-0.4, -0.2) is 17.8 Å². The highest BCUT2D eigenvalue weighted by Gasteiger charge is 2.26. The number of thiophene rings is 1. The van der Waals surface area contributed by atoms with Crippen molar-refractivity contribution in [2.45, 2.75) is 26.2 Å². The lowest BCUT2D eigenvalue weighted by atomic mass is 9.88. The van der Waals surface area contributed by atoms with E-state index in [-0.39, 0.29) is 0 Å². The molecule has 0 radical (unpaired) electrons. The molecule has 112 valence electrons. The number of rotatable bonds is 4. The van der Waals surface area contributed by atoms with E-state index in [0.29, 0.717) is 22.6 Å². The predicted molar refractivity (Wildman–Crippen MR) is 76.8 cm³/mol. The van der Waals surface area contributed by atoms with Gasteiger partial charge in [-0.25, -0.2) is 0 Å². The number of fused-ring (bicyclic) bond motifs is 1. The van der Waals surface area contributed by atoms with Gasteiger partial charge in [0, 0.05) is 11.0 Å². The lowest BCUT2D eigenvalue weighted by Gasteiger charge is -2.18. The third kappa shape index (κ3) is 3.49. The molecule has 1 unspecified atom stereocenters. The highest BCUT2D eigenvalue weighted by atomic mass is 32.1. The van der Waals surface area contributed by atoms with Crippen LogP contribution in [0.15, 0.2) is 12.2 Å². The van der Waals surface area contributed by atoms with Gasteiger partial charge in [-0.15, -0.1) is 11.3 Å². The first kappa shape index (κ1) is 15.2. The summed E-state index contributed by atoms with van der Waals surface area (Å²) in [5.74, 6) is -2.15. The average Bonchev–Trinajstić information content (AvgIpc) is 2.73. The summed E-state index contributed by atoms with van der Waals surface area (Å²) in [5.41, 5.74) is 6.66. The van der Waals surface area contributed by atoms with Gasteiger partial charge in [0.05, 0.1) is 11.5 Å². The minimum Gasteiger partial charge on any atom is -0.545 e. The van der Waals surface area contributed by atoms with Crippen LogP contribution in [0.4, 0.5) is 5.00 Å². The van der Waals surface area contributed by atoms with Crippen LogP contribution in [0.1, 0.15) is 34.1 Å². The van der Waals surface area contributed by atoms with E-state index in [9.17, 15) is 19.5 Å². The lowest BCUT2D eigenvalue weighted by Crippen LogP contribution is -2.21. The van der Waals surface area contributed by atoms with Gasteiger partial charge in [-0.1, -0.05) is 6.92 Å². The maximum Gasteiger partial charge on any atom is 0.251 e. The summed E-state index contributed by atoms with van der Waals surface area (Å²) in [6.07, 6.45) is 4.07. The molecular formula is C14H15N2O4S-. The van der Waals surface area contributed by atoms with Gasteiger partial charge in [0.1, 0.15) is 5.00 Å². The van der Waals surface area contributed by atoms with Crippen molar-refractivity contribution in [3.63, 3.8) is 0 Å². The SMILES string of the molecule is CC1CCc2c(sc(NC(=O)/C=C/C(=O)[O-])c2C(N)=O)C1. The van der Waals surface area contributed by atoms with Crippen LogP contribution >= 0.6 is 11.3 Å². The Morgan fingerprint density at radius 3 is 2.71 bits per heavy atom. The second-order valence-electron chi connectivity index (χ2n) is 5.06. The molecule has 2 rings (SSSR count). The Morgan fingerprint density at radius 1 is 1.38 bits per heavy atom. The van der Waals surface area contributed by atoms with Gasteiger partial charge in [-0.3, -0.25) is 9.59 Å². The number of amides is 2. The van der Waals surface area contributed by atoms with Crippen molar-refractivity contribution in [3.05, 3.63) is 28.2 Å². The molecule has 21 heavy (non-hydrogen) atoms. The van der Waals surface area contributed by atoms with Gasteiger partial charge in [0.15, 0.2) is 0 Å². The molecule has 1 atom stereocenters. The lowest BCUT2D eigenvalue weighted by molar-refractivity contribution is -0.297. The van der Waals surface area contributed by atoms with Crippen LogP contribution < -0.4 is 16.2 Å². The van der Waals surface area contributed by atoms with Gasteiger partial charge in [-0.05, 0) is 36.8 Å². The molecule has 3 N–H and O–H groups in total. The van der Waals surface area contributed by atoms with Gasteiger partial charge >= 0.3 is 0 Å². The minimum atomic E-state index is -1.46. The van der Waals surface area contributed by atoms with E-state index in [2.05, 4.69) is 12.2 Å². The summed E-state index contributed by atoms with van der Waals surface area (Å²) in [6.45, 7) is 2.13. The third-order valence-corrected chi connectivity index (χ3v) is 4.54. The van der Waals surface area contributed by atoms with Crippen LogP contribution in [0.2, 0.25) is 0 Å². The molecule has 0 saturated carbocycles. The molecule has 0 bridgehead atoms. The maximum absolute atomic E-state index is 11.6. The van der Waals surface area contributed by atoms with E-state index in [4.69, 9.17) is 5.73 Å². The number of anilines is 1. The zero-order valence-corrected chi connectivity index (χ0v) is 12.3. The van der Waals surface area contributed by atoms with Crippen molar-refractivity contribution in [3.8, 4) is 0 Å². The Balaban J connectivity index is 2.29. The maximum atomic E-state index is 11.6. The largest absolute Gasteiger partial charge is 0.545 e. The number of hydrogen-bond acceptors (Lipinski definition) is 5. The number of carbonyl (C=O) groups excluding carboxylic acids is 3. The molecule has 6 nitrogen and oxygen atoms in total. The molecule has 0 aliphatic heterocycles. The smallest absolute Gasteiger partial charge is 0.251 e. The first-order valence-corrected chi connectivity index (χ1v) is 7.34. The Morgan fingerprint density at radius 2 is 2.10 bits per heavy atom. The fourth-order valence-electron chi connectivity index (χ4n) is 2.40. The van der Waals surface area contributed by atoms with Crippen LogP contribution in [0.25, 0.3) is 0 Å². The van der Waals surface area contributed by atoms with Crippen LogP contribution in [-0.2, 0) is 22.4 Å². The van der Waals surface area contributed by atoms with Crippen LogP contribution in [0.3, 0.4) is 0 Å². The molecule has 7 heteroatoms. The number of nitrogens with two attached hydrogens (primary N) is 1. The first-order valence-electron chi connectivity index (χ1n) is 6.53. The Bertz CT molecular complexity index is 633. The summed E-state index contributed by atoms with van der Waals surface area (Å²) in [5, 5.41) is 13.2. The van der Waals surface area contributed by atoms with Crippen molar-refractivity contribution in [1.82, 2.24) is 0 Å². The van der Waals surface area contributed by atoms with Crippen molar-refractivity contribution >= 4 is 34.1 Å². The molecular weight excluding hydrogens is 292 g/mol. The third-order valence-electron chi connectivity index (χ3n) is 3.37. The molecule has 1 aliphatic carbocycles. The number of carboxylic acids is 1. The average molecular weight is 307 g/mol. The van der Waals surface area contributed by atoms with Crippen LogP contribution in [0, 0.1) is 5.92 Å². The Kier molecular flexibility index (Phi) is 4.42. The van der Waals surface area contributed by atoms with Crippen molar-refractivity contribution in [2.24, 2.45) is 11.7 Å². The summed E-state index contributed by atoms with van der Waals surface area (Å²) >= 11 is 1.33. The zero-order valence-electron chi connectivity index (χ0n) is 11.5. The Hall–Kier alpha value is -2.15. The molecule has 1 heterocycles. The van der Waals surface area contributed by atoms with E-state index in [1.807, 2.05) is 0 Å². The molecule has 0 saturated heterocycles. The molecule has 0 spiro atoms. The van der Waals surface area contributed by atoms with Gasteiger partial charge in [0.2, 0.25) is 5.91 Å².